The molecule has 1 saturated heterocycles. The molecule has 1 aliphatic heterocycles. The number of carbonyl (C=O) groups excluding carboxylic acids is 3. The van der Waals surface area contributed by atoms with E-state index in [-0.39, 0.29) is 12.2 Å². The summed E-state index contributed by atoms with van der Waals surface area (Å²) in [6, 6.07) is 4.44. The molecule has 2 rings (SSSR count). The van der Waals surface area contributed by atoms with Gasteiger partial charge in [-0.3, -0.25) is 19.4 Å². The summed E-state index contributed by atoms with van der Waals surface area (Å²) in [5, 5.41) is 0. The summed E-state index contributed by atoms with van der Waals surface area (Å²) >= 11 is 3.32. The van der Waals surface area contributed by atoms with Gasteiger partial charge in [0.2, 0.25) is 0 Å². The van der Waals surface area contributed by atoms with E-state index in [4.69, 9.17) is 11.2 Å². The van der Waals surface area contributed by atoms with Crippen LogP contribution in [0.4, 0.5) is 4.79 Å². The van der Waals surface area contributed by atoms with Crippen molar-refractivity contribution < 1.29 is 19.1 Å². The van der Waals surface area contributed by atoms with Crippen LogP contribution in [-0.2, 0) is 9.59 Å². The minimum Gasteiger partial charge on any atom is -0.480 e. The van der Waals surface area contributed by atoms with Crippen LogP contribution in [0.3, 0.4) is 0 Å². The first-order chi connectivity index (χ1) is 10.9. The zero-order valence-electron chi connectivity index (χ0n) is 12.5. The van der Waals surface area contributed by atoms with Crippen molar-refractivity contribution in [3.8, 4) is 18.1 Å². The molecule has 0 bridgehead atoms. The predicted octanol–water partition coefficient (Wildman–Crippen LogP) is 1.89. The van der Waals surface area contributed by atoms with Gasteiger partial charge in [0, 0.05) is 24.1 Å². The molecule has 6 nitrogen and oxygen atoms in total. The zero-order chi connectivity index (χ0) is 17.1. The second-order valence-electron chi connectivity index (χ2n) is 4.74. The third-order valence-corrected chi connectivity index (χ3v) is 3.72. The highest BCUT2D eigenvalue weighted by molar-refractivity contribution is 9.10. The molecule has 0 saturated carbocycles. The Balaban J connectivity index is 2.50. The summed E-state index contributed by atoms with van der Waals surface area (Å²) in [7, 11) is 2.64. The van der Waals surface area contributed by atoms with Gasteiger partial charge in [0.25, 0.3) is 11.8 Å². The van der Waals surface area contributed by atoms with Crippen LogP contribution < -0.4 is 4.74 Å². The average Bonchev–Trinajstić information content (AvgIpc) is 2.54. The molecule has 1 aromatic carbocycles. The van der Waals surface area contributed by atoms with E-state index in [9.17, 15) is 14.4 Å². The van der Waals surface area contributed by atoms with E-state index in [0.717, 1.165) is 14.3 Å². The molecular weight excluding hydrogens is 364 g/mol. The highest BCUT2D eigenvalue weighted by atomic mass is 79.9. The molecule has 0 atom stereocenters. The summed E-state index contributed by atoms with van der Waals surface area (Å²) in [5.41, 5.74) is 0.376. The Morgan fingerprint density at radius 1 is 1.22 bits per heavy atom. The summed E-state index contributed by atoms with van der Waals surface area (Å²) in [4.78, 5) is 37.9. The van der Waals surface area contributed by atoms with Crippen LogP contribution >= 0.6 is 15.9 Å². The molecule has 1 heterocycles. The quantitative estimate of drug-likeness (QED) is 0.459. The van der Waals surface area contributed by atoms with E-state index in [1.165, 1.54) is 20.2 Å². The smallest absolute Gasteiger partial charge is 0.333 e. The highest BCUT2D eigenvalue weighted by Gasteiger charge is 2.37. The van der Waals surface area contributed by atoms with Crippen LogP contribution in [0.5, 0.6) is 5.75 Å². The third kappa shape index (κ3) is 3.27. The highest BCUT2D eigenvalue weighted by Crippen LogP contribution is 2.27. The van der Waals surface area contributed by atoms with Crippen molar-refractivity contribution in [3.63, 3.8) is 0 Å². The number of terminal acetylenes is 1. The normalized spacial score (nSPS) is 14.9. The molecule has 118 valence electrons. The largest absolute Gasteiger partial charge is 0.480 e. The number of likely N-dealkylation sites (N-methyl/N-ethyl adjacent to an activating group) is 2. The third-order valence-electron chi connectivity index (χ3n) is 3.23. The molecular formula is C16H13BrN2O4. The van der Waals surface area contributed by atoms with Gasteiger partial charge >= 0.3 is 6.03 Å². The number of hydrogen-bond donors (Lipinski definition) is 0. The monoisotopic (exact) mass is 376 g/mol. The molecule has 0 N–H and O–H groups in total. The Morgan fingerprint density at radius 2 is 1.83 bits per heavy atom. The number of rotatable bonds is 3. The molecule has 4 amide bonds. The number of amides is 4. The summed E-state index contributed by atoms with van der Waals surface area (Å²) < 4.78 is 6.15. The van der Waals surface area contributed by atoms with Gasteiger partial charge in [0.05, 0.1) is 0 Å². The van der Waals surface area contributed by atoms with Gasteiger partial charge in [0.15, 0.2) is 0 Å². The van der Waals surface area contributed by atoms with Crippen LogP contribution in [0.2, 0.25) is 0 Å². The van der Waals surface area contributed by atoms with Crippen molar-refractivity contribution in [2.24, 2.45) is 0 Å². The number of ether oxygens (including phenoxy) is 1. The maximum Gasteiger partial charge on any atom is 0.333 e. The maximum absolute atomic E-state index is 12.2. The molecule has 0 unspecified atom stereocenters. The van der Waals surface area contributed by atoms with Crippen LogP contribution in [0, 0.1) is 12.3 Å². The van der Waals surface area contributed by atoms with E-state index < -0.39 is 17.8 Å². The Labute approximate surface area is 141 Å². The second kappa shape index (κ2) is 6.67. The Hall–Kier alpha value is -2.59. The molecule has 0 spiro atoms. The van der Waals surface area contributed by atoms with E-state index in [1.807, 2.05) is 0 Å². The summed E-state index contributed by atoms with van der Waals surface area (Å²) in [6.07, 6.45) is 6.57. The summed E-state index contributed by atoms with van der Waals surface area (Å²) in [5.74, 6) is 1.45. The van der Waals surface area contributed by atoms with E-state index >= 15 is 0 Å². The van der Waals surface area contributed by atoms with Crippen LogP contribution in [0.1, 0.15) is 5.56 Å². The molecule has 7 heteroatoms. The van der Waals surface area contributed by atoms with E-state index in [1.54, 1.807) is 18.2 Å². The van der Waals surface area contributed by atoms with E-state index in [0.29, 0.717) is 11.3 Å². The first-order valence-electron chi connectivity index (χ1n) is 6.54. The van der Waals surface area contributed by atoms with Gasteiger partial charge in [-0.25, -0.2) is 4.79 Å². The number of halogens is 1. The van der Waals surface area contributed by atoms with Gasteiger partial charge in [-0.15, -0.1) is 6.42 Å². The second-order valence-corrected chi connectivity index (χ2v) is 5.66. The van der Waals surface area contributed by atoms with Crippen molar-refractivity contribution in [1.29, 1.82) is 0 Å². The van der Waals surface area contributed by atoms with Crippen molar-refractivity contribution in [3.05, 3.63) is 33.8 Å². The predicted molar refractivity (Wildman–Crippen MR) is 87.4 cm³/mol. The fraction of sp³-hybridized carbons (Fsp3) is 0.188. The average molecular weight is 377 g/mol. The minimum atomic E-state index is -0.671. The van der Waals surface area contributed by atoms with E-state index in [2.05, 4.69) is 21.9 Å². The minimum absolute atomic E-state index is 0.0536. The number of benzene rings is 1. The lowest BCUT2D eigenvalue weighted by molar-refractivity contribution is -0.134. The fourth-order valence-corrected chi connectivity index (χ4v) is 2.39. The molecule has 1 aromatic rings. The van der Waals surface area contributed by atoms with Crippen LogP contribution in [0.15, 0.2) is 28.2 Å². The van der Waals surface area contributed by atoms with Gasteiger partial charge in [-0.05, 0) is 24.3 Å². The first-order valence-corrected chi connectivity index (χ1v) is 7.33. The fourth-order valence-electron chi connectivity index (χ4n) is 2.01. The van der Waals surface area contributed by atoms with Crippen molar-refractivity contribution in [2.75, 3.05) is 20.7 Å². The topological polar surface area (TPSA) is 66.9 Å². The van der Waals surface area contributed by atoms with Crippen LogP contribution in [0.25, 0.3) is 6.08 Å². The lowest BCUT2D eigenvalue weighted by Gasteiger charge is -2.29. The van der Waals surface area contributed by atoms with Gasteiger partial charge in [0.1, 0.15) is 17.9 Å². The molecule has 23 heavy (non-hydrogen) atoms. The van der Waals surface area contributed by atoms with Gasteiger partial charge in [-0.2, -0.15) is 0 Å². The Kier molecular flexibility index (Phi) is 4.86. The number of hydrogen-bond acceptors (Lipinski definition) is 4. The van der Waals surface area contributed by atoms with Crippen LogP contribution in [-0.4, -0.2) is 48.3 Å². The van der Waals surface area contributed by atoms with Crippen molar-refractivity contribution in [2.45, 2.75) is 0 Å². The molecule has 1 fully saturated rings. The maximum atomic E-state index is 12.2. The number of barbiturate groups is 1. The van der Waals surface area contributed by atoms with Crippen molar-refractivity contribution >= 4 is 39.9 Å². The Morgan fingerprint density at radius 3 is 2.39 bits per heavy atom. The number of urea groups is 1. The first kappa shape index (κ1) is 16.8. The number of imide groups is 2. The SMILES string of the molecule is C#CCOc1ccc(Br)cc1C=C1C(=O)N(C)C(=O)N(C)C1=O. The van der Waals surface area contributed by atoms with Crippen molar-refractivity contribution in [1.82, 2.24) is 9.80 Å². The Bertz CT molecular complexity index is 738. The number of carbonyl (C=O) groups is 3. The molecule has 0 aromatic heterocycles. The summed E-state index contributed by atoms with van der Waals surface area (Å²) in [6.45, 7) is 0.0536. The molecule has 0 radical (unpaired) electrons. The number of nitrogens with zero attached hydrogens (tertiary/aromatic N) is 2. The molecule has 0 aliphatic carbocycles. The standard InChI is InChI=1S/C16H13BrN2O4/c1-4-7-23-13-6-5-11(17)8-10(13)9-12-14(20)18(2)16(22)19(3)15(12)21/h1,5-6,8-9H,7H2,2-3H3. The lowest BCUT2D eigenvalue weighted by atomic mass is 10.1. The van der Waals surface area contributed by atoms with Gasteiger partial charge in [-0.1, -0.05) is 21.9 Å². The molecule has 1 aliphatic rings. The zero-order valence-corrected chi connectivity index (χ0v) is 14.1. The lowest BCUT2D eigenvalue weighted by Crippen LogP contribution is -2.52. The van der Waals surface area contributed by atoms with Gasteiger partial charge < -0.3 is 4.74 Å².